The molecule has 0 spiro atoms. The normalized spacial score (nSPS) is 11.3. The van der Waals surface area contributed by atoms with Crippen molar-refractivity contribution in [2.75, 3.05) is 6.54 Å². The van der Waals surface area contributed by atoms with Crippen molar-refractivity contribution in [3.05, 3.63) is 47.1 Å². The van der Waals surface area contributed by atoms with Crippen LogP contribution in [0, 0.1) is 0 Å². The van der Waals surface area contributed by atoms with E-state index in [-0.39, 0.29) is 0 Å². The monoisotopic (exact) mass is 218 g/mol. The van der Waals surface area contributed by atoms with Gasteiger partial charge in [0.05, 0.1) is 5.52 Å². The minimum atomic E-state index is 0.521. The molecule has 1 aromatic heterocycles. The van der Waals surface area contributed by atoms with Crippen LogP contribution < -0.4 is 5.73 Å². The first-order chi connectivity index (χ1) is 7.29. The quantitative estimate of drug-likeness (QED) is 0.788. The lowest BCUT2D eigenvalue weighted by atomic mass is 10.1. The summed E-state index contributed by atoms with van der Waals surface area (Å²) in [4.78, 5) is 4.21. The van der Waals surface area contributed by atoms with Crippen molar-refractivity contribution < 1.29 is 0 Å². The molecule has 0 radical (unpaired) electrons. The molecule has 0 aliphatic heterocycles. The van der Waals surface area contributed by atoms with Crippen LogP contribution in [0.4, 0.5) is 0 Å². The number of halogens is 1. The molecule has 0 saturated carbocycles. The van der Waals surface area contributed by atoms with Crippen LogP contribution >= 0.6 is 11.6 Å². The first kappa shape index (κ1) is 10.1. The van der Waals surface area contributed by atoms with Crippen LogP contribution in [0.25, 0.3) is 17.0 Å². The number of benzene rings is 1. The zero-order valence-electron chi connectivity index (χ0n) is 8.15. The standard InChI is InChI=1S/C12H11ClN2/c13-12-6-4-10-8-9(2-1-7-14)3-5-11(10)15-12/h1-6,8H,7,14H2. The van der Waals surface area contributed by atoms with E-state index in [0.717, 1.165) is 16.5 Å². The lowest BCUT2D eigenvalue weighted by Gasteiger charge is -1.99. The van der Waals surface area contributed by atoms with E-state index in [2.05, 4.69) is 11.1 Å². The van der Waals surface area contributed by atoms with Crippen LogP contribution in [0.15, 0.2) is 36.4 Å². The molecule has 1 aromatic carbocycles. The maximum absolute atomic E-state index is 5.80. The van der Waals surface area contributed by atoms with Crippen molar-refractivity contribution in [2.45, 2.75) is 0 Å². The topological polar surface area (TPSA) is 38.9 Å². The SMILES string of the molecule is NCC=Cc1ccc2nc(Cl)ccc2c1. The Morgan fingerprint density at radius 3 is 2.93 bits per heavy atom. The number of hydrogen-bond acceptors (Lipinski definition) is 2. The number of rotatable bonds is 2. The van der Waals surface area contributed by atoms with E-state index in [1.807, 2.05) is 30.4 Å². The van der Waals surface area contributed by atoms with E-state index in [1.54, 1.807) is 6.07 Å². The molecule has 0 atom stereocenters. The highest BCUT2D eigenvalue weighted by molar-refractivity contribution is 6.29. The Balaban J connectivity index is 2.47. The van der Waals surface area contributed by atoms with E-state index in [0.29, 0.717) is 11.7 Å². The maximum atomic E-state index is 5.80. The van der Waals surface area contributed by atoms with Gasteiger partial charge in [0.25, 0.3) is 0 Å². The molecule has 1 heterocycles. The van der Waals surface area contributed by atoms with Gasteiger partial charge in [-0.3, -0.25) is 0 Å². The first-order valence-electron chi connectivity index (χ1n) is 4.72. The lowest BCUT2D eigenvalue weighted by molar-refractivity contribution is 1.26. The fraction of sp³-hybridized carbons (Fsp3) is 0.0833. The molecule has 2 N–H and O–H groups in total. The highest BCUT2D eigenvalue weighted by atomic mass is 35.5. The number of pyridine rings is 1. The first-order valence-corrected chi connectivity index (χ1v) is 5.10. The summed E-state index contributed by atoms with van der Waals surface area (Å²) in [6, 6.07) is 9.77. The Bertz CT molecular complexity index is 506. The Hall–Kier alpha value is -1.38. The molecule has 0 saturated heterocycles. The van der Waals surface area contributed by atoms with Crippen LogP contribution in [0.2, 0.25) is 5.15 Å². The van der Waals surface area contributed by atoms with Gasteiger partial charge < -0.3 is 5.73 Å². The summed E-state index contributed by atoms with van der Waals surface area (Å²) in [5, 5.41) is 1.60. The summed E-state index contributed by atoms with van der Waals surface area (Å²) in [5.74, 6) is 0. The van der Waals surface area contributed by atoms with Crippen molar-refractivity contribution in [2.24, 2.45) is 5.73 Å². The van der Waals surface area contributed by atoms with Gasteiger partial charge in [0.2, 0.25) is 0 Å². The van der Waals surface area contributed by atoms with Crippen molar-refractivity contribution in [1.29, 1.82) is 0 Å². The molecule has 0 aliphatic rings. The molecule has 2 nitrogen and oxygen atoms in total. The molecule has 0 amide bonds. The fourth-order valence-corrected chi connectivity index (χ4v) is 1.58. The number of fused-ring (bicyclic) bond motifs is 1. The summed E-state index contributed by atoms with van der Waals surface area (Å²) < 4.78 is 0. The van der Waals surface area contributed by atoms with Crippen LogP contribution in [0.5, 0.6) is 0 Å². The summed E-state index contributed by atoms with van der Waals surface area (Å²) >= 11 is 5.80. The summed E-state index contributed by atoms with van der Waals surface area (Å²) in [5.41, 5.74) is 7.42. The Morgan fingerprint density at radius 1 is 1.27 bits per heavy atom. The van der Waals surface area contributed by atoms with E-state index in [1.165, 1.54) is 0 Å². The summed E-state index contributed by atoms with van der Waals surface area (Å²) in [6.07, 6.45) is 3.92. The number of hydrogen-bond donors (Lipinski definition) is 1. The number of aromatic nitrogens is 1. The van der Waals surface area contributed by atoms with Gasteiger partial charge in [-0.15, -0.1) is 0 Å². The van der Waals surface area contributed by atoms with Crippen molar-refractivity contribution >= 4 is 28.6 Å². The molecule has 3 heteroatoms. The average Bonchev–Trinajstić information content (AvgIpc) is 2.26. The van der Waals surface area contributed by atoms with Gasteiger partial charge in [-0.05, 0) is 29.8 Å². The molecule has 76 valence electrons. The highest BCUT2D eigenvalue weighted by Gasteiger charge is 1.96. The van der Waals surface area contributed by atoms with E-state index < -0.39 is 0 Å². The third kappa shape index (κ3) is 2.35. The highest BCUT2D eigenvalue weighted by Crippen LogP contribution is 2.17. The molecule has 0 bridgehead atoms. The zero-order valence-corrected chi connectivity index (χ0v) is 8.91. The molecule has 2 aromatic rings. The second-order valence-electron chi connectivity index (χ2n) is 3.22. The van der Waals surface area contributed by atoms with Crippen LogP contribution in [-0.2, 0) is 0 Å². The maximum Gasteiger partial charge on any atom is 0.129 e. The summed E-state index contributed by atoms with van der Waals surface area (Å²) in [6.45, 7) is 0.552. The Labute approximate surface area is 93.4 Å². The number of nitrogens with two attached hydrogens (primary N) is 1. The second kappa shape index (κ2) is 4.43. The minimum Gasteiger partial charge on any atom is -0.327 e. The second-order valence-corrected chi connectivity index (χ2v) is 3.61. The van der Waals surface area contributed by atoms with E-state index in [4.69, 9.17) is 17.3 Å². The molecule has 2 rings (SSSR count). The molecular formula is C12H11ClN2. The fourth-order valence-electron chi connectivity index (χ4n) is 1.43. The largest absolute Gasteiger partial charge is 0.327 e. The smallest absolute Gasteiger partial charge is 0.129 e. The minimum absolute atomic E-state index is 0.521. The molecule has 0 aliphatic carbocycles. The van der Waals surface area contributed by atoms with Gasteiger partial charge in [-0.2, -0.15) is 0 Å². The van der Waals surface area contributed by atoms with Crippen LogP contribution in [0.1, 0.15) is 5.56 Å². The van der Waals surface area contributed by atoms with Gasteiger partial charge in [-0.1, -0.05) is 29.8 Å². The van der Waals surface area contributed by atoms with E-state index >= 15 is 0 Å². The molecular weight excluding hydrogens is 208 g/mol. The van der Waals surface area contributed by atoms with Gasteiger partial charge >= 0.3 is 0 Å². The van der Waals surface area contributed by atoms with Gasteiger partial charge in [0, 0.05) is 11.9 Å². The van der Waals surface area contributed by atoms with Crippen LogP contribution in [-0.4, -0.2) is 11.5 Å². The predicted molar refractivity (Wildman–Crippen MR) is 64.8 cm³/mol. The van der Waals surface area contributed by atoms with Crippen molar-refractivity contribution in [1.82, 2.24) is 4.98 Å². The van der Waals surface area contributed by atoms with Crippen molar-refractivity contribution in [3.8, 4) is 0 Å². The average molecular weight is 219 g/mol. The number of nitrogens with zero attached hydrogens (tertiary/aromatic N) is 1. The third-order valence-corrected chi connectivity index (χ3v) is 2.34. The zero-order chi connectivity index (χ0) is 10.7. The Kier molecular flexibility index (Phi) is 2.99. The molecule has 0 fully saturated rings. The van der Waals surface area contributed by atoms with Gasteiger partial charge in [0.1, 0.15) is 5.15 Å². The van der Waals surface area contributed by atoms with Gasteiger partial charge in [0.15, 0.2) is 0 Å². The van der Waals surface area contributed by atoms with Gasteiger partial charge in [-0.25, -0.2) is 4.98 Å². The lowest BCUT2D eigenvalue weighted by Crippen LogP contribution is -1.91. The molecule has 0 unspecified atom stereocenters. The summed E-state index contributed by atoms with van der Waals surface area (Å²) in [7, 11) is 0. The predicted octanol–water partition coefficient (Wildman–Crippen LogP) is 2.86. The third-order valence-electron chi connectivity index (χ3n) is 2.13. The Morgan fingerprint density at radius 2 is 2.13 bits per heavy atom. The van der Waals surface area contributed by atoms with Crippen LogP contribution in [0.3, 0.4) is 0 Å². The van der Waals surface area contributed by atoms with E-state index in [9.17, 15) is 0 Å². The van der Waals surface area contributed by atoms with Crippen molar-refractivity contribution in [3.63, 3.8) is 0 Å². The molecule has 15 heavy (non-hydrogen) atoms.